The van der Waals surface area contributed by atoms with Crippen molar-refractivity contribution < 1.29 is 13.9 Å². The molecule has 0 radical (unpaired) electrons. The van der Waals surface area contributed by atoms with Gasteiger partial charge in [-0.2, -0.15) is 0 Å². The summed E-state index contributed by atoms with van der Waals surface area (Å²) in [5, 5.41) is 12.0. The van der Waals surface area contributed by atoms with Crippen LogP contribution in [0.4, 0.5) is 8.78 Å². The van der Waals surface area contributed by atoms with E-state index < -0.39 is 12.0 Å². The molecule has 0 saturated carbocycles. The summed E-state index contributed by atoms with van der Waals surface area (Å²) in [4.78, 5) is 0. The Morgan fingerprint density at radius 1 is 1.55 bits per heavy atom. The van der Waals surface area contributed by atoms with E-state index in [1.165, 1.54) is 0 Å². The van der Waals surface area contributed by atoms with Gasteiger partial charge in [0, 0.05) is 25.4 Å². The number of hydrogen-bond donors (Lipinski definition) is 2. The Morgan fingerprint density at radius 3 is 2.55 bits per heavy atom. The van der Waals surface area contributed by atoms with Crippen molar-refractivity contribution in [3.05, 3.63) is 0 Å². The molecule has 2 unspecified atom stereocenters. The maximum atomic E-state index is 12.4. The van der Waals surface area contributed by atoms with Crippen LogP contribution in [0.25, 0.3) is 0 Å². The van der Waals surface area contributed by atoms with Crippen molar-refractivity contribution in [1.82, 2.24) is 5.32 Å². The molecule has 4 heteroatoms. The number of halogens is 2. The average molecular weight is 165 g/mol. The summed E-state index contributed by atoms with van der Waals surface area (Å²) in [7, 11) is 0. The first kappa shape index (κ1) is 8.87. The fraction of sp³-hybridized carbons (Fsp3) is 1.00. The van der Waals surface area contributed by atoms with E-state index in [0.717, 1.165) is 6.92 Å². The molecule has 11 heavy (non-hydrogen) atoms. The van der Waals surface area contributed by atoms with Crippen molar-refractivity contribution in [3.63, 3.8) is 0 Å². The van der Waals surface area contributed by atoms with Gasteiger partial charge in [0.1, 0.15) is 0 Å². The van der Waals surface area contributed by atoms with Gasteiger partial charge in [0.2, 0.25) is 5.92 Å². The monoisotopic (exact) mass is 165 g/mol. The van der Waals surface area contributed by atoms with Crippen molar-refractivity contribution in [3.8, 4) is 0 Å². The summed E-state index contributed by atoms with van der Waals surface area (Å²) in [6.07, 6.45) is -0.818. The Balaban J connectivity index is 2.37. The average Bonchev–Trinajstić information content (AvgIpc) is 2.12. The fourth-order valence-corrected chi connectivity index (χ4v) is 1.39. The van der Waals surface area contributed by atoms with Crippen molar-refractivity contribution in [2.75, 3.05) is 13.1 Å². The summed E-state index contributed by atoms with van der Waals surface area (Å²) >= 11 is 0. The summed E-state index contributed by atoms with van der Waals surface area (Å²) in [5.41, 5.74) is 0. The van der Waals surface area contributed by atoms with E-state index in [-0.39, 0.29) is 12.3 Å². The Labute approximate surface area is 64.6 Å². The van der Waals surface area contributed by atoms with E-state index in [9.17, 15) is 8.78 Å². The number of β-amino-alcohol motifs (C(OH)–C–C–N with tert-alkyl or cyclic N) is 1. The van der Waals surface area contributed by atoms with Crippen molar-refractivity contribution in [1.29, 1.82) is 0 Å². The van der Waals surface area contributed by atoms with Crippen LogP contribution in [-0.4, -0.2) is 30.2 Å². The van der Waals surface area contributed by atoms with Gasteiger partial charge in [-0.1, -0.05) is 0 Å². The number of alkyl halides is 2. The number of hydrogen-bond acceptors (Lipinski definition) is 2. The molecule has 0 bridgehead atoms. The summed E-state index contributed by atoms with van der Waals surface area (Å²) < 4.78 is 24.8. The third-order valence-corrected chi connectivity index (χ3v) is 1.92. The summed E-state index contributed by atoms with van der Waals surface area (Å²) in [6, 6.07) is 0. The second kappa shape index (κ2) is 3.03. The molecule has 2 nitrogen and oxygen atoms in total. The smallest absolute Gasteiger partial charge is 0.245 e. The minimum absolute atomic E-state index is 0.221. The van der Waals surface area contributed by atoms with Crippen LogP contribution in [0.15, 0.2) is 0 Å². The molecule has 0 amide bonds. The van der Waals surface area contributed by atoms with Crippen LogP contribution in [0.5, 0.6) is 0 Å². The van der Waals surface area contributed by atoms with Crippen molar-refractivity contribution >= 4 is 0 Å². The van der Waals surface area contributed by atoms with Gasteiger partial charge in [0.05, 0.1) is 6.10 Å². The van der Waals surface area contributed by atoms with Gasteiger partial charge >= 0.3 is 0 Å². The molecule has 1 fully saturated rings. The van der Waals surface area contributed by atoms with Crippen LogP contribution in [0, 0.1) is 5.92 Å². The molecule has 0 aromatic rings. The standard InChI is InChI=1S/C7H13F2NO/c1-7(8,9)2-5-3-10-4-6(5)11/h5-6,10-11H,2-4H2,1H3. The molecule has 66 valence electrons. The number of aliphatic hydroxyl groups is 1. The van der Waals surface area contributed by atoms with Crippen LogP contribution in [0.1, 0.15) is 13.3 Å². The first-order chi connectivity index (χ1) is 4.99. The molecule has 2 N–H and O–H groups in total. The van der Waals surface area contributed by atoms with E-state index >= 15 is 0 Å². The van der Waals surface area contributed by atoms with E-state index in [1.807, 2.05) is 0 Å². The van der Waals surface area contributed by atoms with Crippen molar-refractivity contribution in [2.24, 2.45) is 5.92 Å². The molecule has 2 atom stereocenters. The minimum Gasteiger partial charge on any atom is -0.391 e. The van der Waals surface area contributed by atoms with E-state index in [4.69, 9.17) is 5.11 Å². The highest BCUT2D eigenvalue weighted by atomic mass is 19.3. The zero-order valence-electron chi connectivity index (χ0n) is 6.48. The highest BCUT2D eigenvalue weighted by Gasteiger charge is 2.33. The molecule has 1 rings (SSSR count). The maximum absolute atomic E-state index is 12.4. The zero-order chi connectivity index (χ0) is 8.48. The maximum Gasteiger partial charge on any atom is 0.245 e. The van der Waals surface area contributed by atoms with E-state index in [0.29, 0.717) is 13.1 Å². The molecule has 1 saturated heterocycles. The molecule has 0 spiro atoms. The number of nitrogens with one attached hydrogen (secondary N) is 1. The fourth-order valence-electron chi connectivity index (χ4n) is 1.39. The van der Waals surface area contributed by atoms with Gasteiger partial charge in [-0.25, -0.2) is 8.78 Å². The Kier molecular flexibility index (Phi) is 2.44. The largest absolute Gasteiger partial charge is 0.391 e. The molecule has 0 aromatic heterocycles. The molecular formula is C7H13F2NO. The van der Waals surface area contributed by atoms with Crippen LogP contribution in [0.2, 0.25) is 0 Å². The topological polar surface area (TPSA) is 32.3 Å². The lowest BCUT2D eigenvalue weighted by Crippen LogP contribution is -2.25. The first-order valence-electron chi connectivity index (χ1n) is 3.75. The quantitative estimate of drug-likeness (QED) is 0.628. The normalized spacial score (nSPS) is 32.7. The lowest BCUT2D eigenvalue weighted by atomic mass is 9.99. The molecule has 1 aliphatic rings. The van der Waals surface area contributed by atoms with Gasteiger partial charge in [-0.3, -0.25) is 0 Å². The number of aliphatic hydroxyl groups excluding tert-OH is 1. The minimum atomic E-state index is -2.66. The number of rotatable bonds is 2. The van der Waals surface area contributed by atoms with Gasteiger partial charge in [0.15, 0.2) is 0 Å². The van der Waals surface area contributed by atoms with Gasteiger partial charge < -0.3 is 10.4 Å². The third-order valence-electron chi connectivity index (χ3n) is 1.92. The summed E-state index contributed by atoms with van der Waals surface area (Å²) in [5.74, 6) is -2.94. The van der Waals surface area contributed by atoms with Crippen molar-refractivity contribution in [2.45, 2.75) is 25.4 Å². The van der Waals surface area contributed by atoms with Crippen LogP contribution < -0.4 is 5.32 Å². The second-order valence-electron chi connectivity index (χ2n) is 3.26. The Morgan fingerprint density at radius 2 is 2.18 bits per heavy atom. The highest BCUT2D eigenvalue weighted by Crippen LogP contribution is 2.25. The van der Waals surface area contributed by atoms with E-state index in [1.54, 1.807) is 0 Å². The van der Waals surface area contributed by atoms with Crippen LogP contribution in [0.3, 0.4) is 0 Å². The second-order valence-corrected chi connectivity index (χ2v) is 3.26. The molecule has 1 aliphatic heterocycles. The van der Waals surface area contributed by atoms with Crippen LogP contribution in [-0.2, 0) is 0 Å². The zero-order valence-corrected chi connectivity index (χ0v) is 6.48. The molecule has 0 aromatic carbocycles. The van der Waals surface area contributed by atoms with Gasteiger partial charge in [-0.05, 0) is 6.92 Å². The highest BCUT2D eigenvalue weighted by molar-refractivity contribution is 4.83. The molecule has 1 heterocycles. The summed E-state index contributed by atoms with van der Waals surface area (Å²) in [6.45, 7) is 1.84. The lowest BCUT2D eigenvalue weighted by molar-refractivity contribution is -0.0178. The molecular weight excluding hydrogens is 152 g/mol. The van der Waals surface area contributed by atoms with Gasteiger partial charge in [0.25, 0.3) is 0 Å². The third kappa shape index (κ3) is 2.71. The lowest BCUT2D eigenvalue weighted by Gasteiger charge is -2.17. The van der Waals surface area contributed by atoms with Gasteiger partial charge in [-0.15, -0.1) is 0 Å². The Hall–Kier alpha value is -0.220. The molecule has 0 aliphatic carbocycles. The SMILES string of the molecule is CC(F)(F)CC1CNCC1O. The van der Waals surface area contributed by atoms with Crippen LogP contribution >= 0.6 is 0 Å². The van der Waals surface area contributed by atoms with E-state index in [2.05, 4.69) is 5.32 Å². The Bertz CT molecular complexity index is 135. The predicted molar refractivity (Wildman–Crippen MR) is 37.6 cm³/mol. The predicted octanol–water partition coefficient (Wildman–Crippen LogP) is 0.612. The first-order valence-corrected chi connectivity index (χ1v) is 3.75.